The number of rotatable bonds is 7. The first-order valence-electron chi connectivity index (χ1n) is 6.77. The van der Waals surface area contributed by atoms with Crippen molar-refractivity contribution >= 4 is 29.1 Å². The Morgan fingerprint density at radius 2 is 2.00 bits per heavy atom. The highest BCUT2D eigenvalue weighted by atomic mass is 32.2. The van der Waals surface area contributed by atoms with Crippen LogP contribution in [-0.4, -0.2) is 22.9 Å². The first-order valence-corrected chi connectivity index (χ1v) is 8.64. The summed E-state index contributed by atoms with van der Waals surface area (Å²) in [5, 5.41) is 15.1. The summed E-state index contributed by atoms with van der Waals surface area (Å²) in [5.41, 5.74) is -0.292. The van der Waals surface area contributed by atoms with Crippen LogP contribution in [0.1, 0.15) is 19.4 Å². The second-order valence-electron chi connectivity index (χ2n) is 5.10. The third kappa shape index (κ3) is 3.87. The van der Waals surface area contributed by atoms with Gasteiger partial charge in [0.05, 0.1) is 4.21 Å². The van der Waals surface area contributed by atoms with E-state index in [0.29, 0.717) is 5.75 Å². The van der Waals surface area contributed by atoms with Gasteiger partial charge in [0.25, 0.3) is 0 Å². The average molecular weight is 321 g/mol. The Labute approximate surface area is 133 Å². The Bertz CT molecular complexity index is 569. The minimum Gasteiger partial charge on any atom is -0.480 e. The molecule has 3 nitrogen and oxygen atoms in total. The van der Waals surface area contributed by atoms with Crippen LogP contribution >= 0.6 is 23.1 Å². The molecule has 0 saturated carbocycles. The molecule has 0 saturated heterocycles. The number of hydrogen-bond acceptors (Lipinski definition) is 4. The molecule has 1 atom stereocenters. The first-order chi connectivity index (χ1) is 10.0. The lowest BCUT2D eigenvalue weighted by molar-refractivity contribution is -0.144. The third-order valence-electron chi connectivity index (χ3n) is 3.09. The molecule has 1 aromatic heterocycles. The summed E-state index contributed by atoms with van der Waals surface area (Å²) < 4.78 is 1.13. The number of nitrogens with one attached hydrogen (secondary N) is 1. The fourth-order valence-electron chi connectivity index (χ4n) is 2.20. The van der Waals surface area contributed by atoms with Crippen molar-refractivity contribution in [3.63, 3.8) is 0 Å². The van der Waals surface area contributed by atoms with Crippen molar-refractivity contribution in [3.05, 3.63) is 53.4 Å². The number of thiophene rings is 1. The van der Waals surface area contributed by atoms with Gasteiger partial charge >= 0.3 is 5.97 Å². The summed E-state index contributed by atoms with van der Waals surface area (Å²) in [6.07, 6.45) is 0. The Morgan fingerprint density at radius 1 is 1.29 bits per heavy atom. The van der Waals surface area contributed by atoms with Gasteiger partial charge in [-0.25, -0.2) is 4.79 Å². The molecule has 0 spiro atoms. The van der Waals surface area contributed by atoms with Crippen molar-refractivity contribution in [2.45, 2.75) is 29.6 Å². The number of thioether (sulfide) groups is 1. The minimum absolute atomic E-state index is 0.0743. The molecule has 0 aliphatic carbocycles. The van der Waals surface area contributed by atoms with Gasteiger partial charge in [-0.2, -0.15) is 0 Å². The highest BCUT2D eigenvalue weighted by molar-refractivity contribution is 8.01. The molecule has 0 fully saturated rings. The van der Waals surface area contributed by atoms with Crippen LogP contribution in [0.4, 0.5) is 0 Å². The highest BCUT2D eigenvalue weighted by Gasteiger charge is 2.40. The number of aliphatic carboxylic acids is 1. The zero-order chi connectivity index (χ0) is 15.3. The molecule has 2 N–H and O–H groups in total. The van der Waals surface area contributed by atoms with E-state index in [4.69, 9.17) is 0 Å². The van der Waals surface area contributed by atoms with Crippen molar-refractivity contribution in [1.29, 1.82) is 0 Å². The third-order valence-corrected chi connectivity index (χ3v) is 5.39. The van der Waals surface area contributed by atoms with Crippen LogP contribution < -0.4 is 5.32 Å². The average Bonchev–Trinajstić information content (AvgIpc) is 2.97. The molecular weight excluding hydrogens is 302 g/mol. The van der Waals surface area contributed by atoms with E-state index in [2.05, 4.69) is 5.32 Å². The molecule has 0 bridgehead atoms. The van der Waals surface area contributed by atoms with Gasteiger partial charge in [0.1, 0.15) is 0 Å². The van der Waals surface area contributed by atoms with Crippen LogP contribution in [0.3, 0.4) is 0 Å². The van der Waals surface area contributed by atoms with E-state index in [1.54, 1.807) is 23.1 Å². The fraction of sp³-hybridized carbons (Fsp3) is 0.312. The maximum Gasteiger partial charge on any atom is 0.329 e. The van der Waals surface area contributed by atoms with Gasteiger partial charge in [-0.1, -0.05) is 36.4 Å². The van der Waals surface area contributed by atoms with Gasteiger partial charge in [0.15, 0.2) is 5.54 Å². The van der Waals surface area contributed by atoms with Crippen LogP contribution in [0.5, 0.6) is 0 Å². The van der Waals surface area contributed by atoms with Crippen molar-refractivity contribution < 1.29 is 9.90 Å². The molecule has 1 heterocycles. The first kappa shape index (κ1) is 16.1. The predicted molar refractivity (Wildman–Crippen MR) is 89.1 cm³/mol. The predicted octanol–water partition coefficient (Wildman–Crippen LogP) is 3.82. The zero-order valence-corrected chi connectivity index (χ0v) is 13.7. The summed E-state index contributed by atoms with van der Waals surface area (Å²) in [5.74, 6) is -0.392. The SMILES string of the molecule is CC(C)NC(CSc1cccs1)(C(=O)O)c1ccccc1. The normalized spacial score (nSPS) is 14.0. The van der Waals surface area contributed by atoms with Gasteiger partial charge < -0.3 is 5.11 Å². The van der Waals surface area contributed by atoms with E-state index in [0.717, 1.165) is 9.77 Å². The van der Waals surface area contributed by atoms with Crippen molar-refractivity contribution in [2.75, 3.05) is 5.75 Å². The number of carboxylic acids is 1. The van der Waals surface area contributed by atoms with Crippen LogP contribution in [0, 0.1) is 0 Å². The molecule has 2 aromatic rings. The van der Waals surface area contributed by atoms with Gasteiger partial charge in [0.2, 0.25) is 0 Å². The van der Waals surface area contributed by atoms with Crippen LogP contribution in [-0.2, 0) is 10.3 Å². The minimum atomic E-state index is -1.08. The van der Waals surface area contributed by atoms with E-state index in [9.17, 15) is 9.90 Å². The maximum absolute atomic E-state index is 12.0. The Balaban J connectivity index is 2.33. The Kier molecular flexibility index (Phi) is 5.45. The van der Waals surface area contributed by atoms with E-state index in [1.165, 1.54) is 0 Å². The van der Waals surface area contributed by atoms with Crippen LogP contribution in [0.15, 0.2) is 52.1 Å². The Hall–Kier alpha value is -1.30. The van der Waals surface area contributed by atoms with Gasteiger partial charge in [-0.3, -0.25) is 5.32 Å². The summed E-state index contributed by atoms with van der Waals surface area (Å²) in [6.45, 7) is 3.94. The van der Waals surface area contributed by atoms with Gasteiger partial charge in [-0.15, -0.1) is 23.1 Å². The standard InChI is InChI=1S/C16H19NO2S2/c1-12(2)17-16(15(18)19,13-7-4-3-5-8-13)11-21-14-9-6-10-20-14/h3-10,12,17H,11H2,1-2H3,(H,18,19). The lowest BCUT2D eigenvalue weighted by atomic mass is 9.91. The quantitative estimate of drug-likeness (QED) is 0.761. The second kappa shape index (κ2) is 7.11. The number of carbonyl (C=O) groups is 1. The van der Waals surface area contributed by atoms with Gasteiger partial charge in [0, 0.05) is 11.8 Å². The summed E-state index contributed by atoms with van der Waals surface area (Å²) in [4.78, 5) is 12.0. The summed E-state index contributed by atoms with van der Waals surface area (Å²) in [7, 11) is 0. The molecule has 0 aliphatic rings. The lowest BCUT2D eigenvalue weighted by Crippen LogP contribution is -2.54. The van der Waals surface area contributed by atoms with E-state index >= 15 is 0 Å². The Morgan fingerprint density at radius 3 is 2.52 bits per heavy atom. The molecule has 0 radical (unpaired) electrons. The molecule has 112 valence electrons. The summed E-state index contributed by atoms with van der Waals surface area (Å²) >= 11 is 3.21. The second-order valence-corrected chi connectivity index (χ2v) is 7.32. The van der Waals surface area contributed by atoms with Crippen LogP contribution in [0.2, 0.25) is 0 Å². The topological polar surface area (TPSA) is 49.3 Å². The van der Waals surface area contributed by atoms with E-state index in [1.807, 2.05) is 61.7 Å². The molecule has 5 heteroatoms. The van der Waals surface area contributed by atoms with E-state index < -0.39 is 11.5 Å². The molecule has 21 heavy (non-hydrogen) atoms. The monoisotopic (exact) mass is 321 g/mol. The zero-order valence-electron chi connectivity index (χ0n) is 12.1. The molecule has 0 aliphatic heterocycles. The fourth-order valence-corrected chi connectivity index (χ4v) is 4.17. The molecule has 1 aromatic carbocycles. The molecule has 2 rings (SSSR count). The van der Waals surface area contributed by atoms with Crippen molar-refractivity contribution in [3.8, 4) is 0 Å². The lowest BCUT2D eigenvalue weighted by Gasteiger charge is -2.32. The number of hydrogen-bond donors (Lipinski definition) is 2. The molecular formula is C16H19NO2S2. The van der Waals surface area contributed by atoms with Crippen molar-refractivity contribution in [1.82, 2.24) is 5.32 Å². The smallest absolute Gasteiger partial charge is 0.329 e. The summed E-state index contributed by atoms with van der Waals surface area (Å²) in [6, 6.07) is 13.5. The molecule has 1 unspecified atom stereocenters. The van der Waals surface area contributed by atoms with Crippen molar-refractivity contribution in [2.24, 2.45) is 0 Å². The number of benzene rings is 1. The maximum atomic E-state index is 12.0. The molecule has 0 amide bonds. The van der Waals surface area contributed by atoms with E-state index in [-0.39, 0.29) is 6.04 Å². The number of carboxylic acid groups (broad SMARTS) is 1. The highest BCUT2D eigenvalue weighted by Crippen LogP contribution is 2.32. The van der Waals surface area contributed by atoms with Crippen LogP contribution in [0.25, 0.3) is 0 Å². The largest absolute Gasteiger partial charge is 0.480 e. The van der Waals surface area contributed by atoms with Gasteiger partial charge in [-0.05, 0) is 30.9 Å².